The zero-order valence-electron chi connectivity index (χ0n) is 7.15. The van der Waals surface area contributed by atoms with Gasteiger partial charge in [0.15, 0.2) is 0 Å². The van der Waals surface area contributed by atoms with Crippen molar-refractivity contribution in [2.75, 3.05) is 0 Å². The first-order valence-corrected chi connectivity index (χ1v) is 3.83. The summed E-state index contributed by atoms with van der Waals surface area (Å²) in [4.78, 5) is 0. The highest BCUT2D eigenvalue weighted by Gasteiger charge is 2.04. The van der Waals surface area contributed by atoms with Gasteiger partial charge in [-0.3, -0.25) is 0 Å². The Hall–Kier alpha value is -1.25. The average molecular weight is 186 g/mol. The Morgan fingerprint density at radius 2 is 2.08 bits per heavy atom. The number of rotatable bonds is 2. The van der Waals surface area contributed by atoms with E-state index in [0.717, 1.165) is 18.2 Å². The van der Waals surface area contributed by atoms with Gasteiger partial charge >= 0.3 is 0 Å². The topological polar surface area (TPSA) is 0 Å². The minimum Gasteiger partial charge on any atom is -0.216 e. The lowest BCUT2D eigenvalue weighted by Crippen LogP contribution is -1.92. The maximum Gasteiger partial charge on any atom is 0.126 e. The maximum atomic E-state index is 12.9. The SMILES string of the molecule is C/C(=C/F)Cc1cc(F)ccc1F. The molecule has 0 amide bonds. The molecule has 0 radical (unpaired) electrons. The van der Waals surface area contributed by atoms with E-state index < -0.39 is 11.6 Å². The van der Waals surface area contributed by atoms with Gasteiger partial charge in [0.1, 0.15) is 11.6 Å². The van der Waals surface area contributed by atoms with Crippen molar-refractivity contribution in [2.24, 2.45) is 0 Å². The fraction of sp³-hybridized carbons (Fsp3) is 0.200. The molecule has 1 rings (SSSR count). The fourth-order valence-electron chi connectivity index (χ4n) is 1.02. The second-order valence-electron chi connectivity index (χ2n) is 2.87. The summed E-state index contributed by atoms with van der Waals surface area (Å²) in [6.07, 6.45) is 0.491. The van der Waals surface area contributed by atoms with Crippen molar-refractivity contribution < 1.29 is 13.2 Å². The second-order valence-corrected chi connectivity index (χ2v) is 2.87. The summed E-state index contributed by atoms with van der Waals surface area (Å²) in [5.41, 5.74) is 0.538. The molecule has 0 bridgehead atoms. The van der Waals surface area contributed by atoms with E-state index in [9.17, 15) is 13.2 Å². The molecular weight excluding hydrogens is 177 g/mol. The van der Waals surface area contributed by atoms with Gasteiger partial charge in [-0.15, -0.1) is 0 Å². The Bertz CT molecular complexity index is 329. The van der Waals surface area contributed by atoms with E-state index in [1.165, 1.54) is 6.92 Å². The monoisotopic (exact) mass is 186 g/mol. The molecule has 1 aromatic rings. The van der Waals surface area contributed by atoms with Gasteiger partial charge in [-0.25, -0.2) is 13.2 Å². The van der Waals surface area contributed by atoms with E-state index in [-0.39, 0.29) is 12.0 Å². The standard InChI is InChI=1S/C10H9F3/c1-7(6-11)4-8-5-9(12)2-3-10(8)13/h2-3,5-6H,4H2,1H3/b7-6-. The molecule has 70 valence electrons. The van der Waals surface area contributed by atoms with Crippen LogP contribution >= 0.6 is 0 Å². The zero-order valence-corrected chi connectivity index (χ0v) is 7.15. The largest absolute Gasteiger partial charge is 0.216 e. The number of halogens is 3. The molecule has 0 nitrogen and oxygen atoms in total. The van der Waals surface area contributed by atoms with E-state index in [1.807, 2.05) is 0 Å². The van der Waals surface area contributed by atoms with Gasteiger partial charge in [0, 0.05) is 0 Å². The molecule has 13 heavy (non-hydrogen) atoms. The van der Waals surface area contributed by atoms with Gasteiger partial charge in [0.2, 0.25) is 0 Å². The summed E-state index contributed by atoms with van der Waals surface area (Å²) in [5.74, 6) is -1.02. The molecule has 0 aromatic heterocycles. The number of hydrogen-bond acceptors (Lipinski definition) is 0. The predicted octanol–water partition coefficient (Wildman–Crippen LogP) is 3.38. The third-order valence-electron chi connectivity index (χ3n) is 1.66. The van der Waals surface area contributed by atoms with Crippen LogP contribution in [0.5, 0.6) is 0 Å². The van der Waals surface area contributed by atoms with E-state index >= 15 is 0 Å². The van der Waals surface area contributed by atoms with Crippen LogP contribution < -0.4 is 0 Å². The van der Waals surface area contributed by atoms with Crippen molar-refractivity contribution in [1.82, 2.24) is 0 Å². The van der Waals surface area contributed by atoms with Crippen molar-refractivity contribution >= 4 is 0 Å². The minimum absolute atomic E-state index is 0.0973. The minimum atomic E-state index is -0.511. The van der Waals surface area contributed by atoms with Crippen LogP contribution in [-0.4, -0.2) is 0 Å². The average Bonchev–Trinajstić information content (AvgIpc) is 2.11. The van der Waals surface area contributed by atoms with Crippen LogP contribution in [0.1, 0.15) is 12.5 Å². The lowest BCUT2D eigenvalue weighted by atomic mass is 10.1. The summed E-state index contributed by atoms with van der Waals surface area (Å²) < 4.78 is 37.5. The molecule has 0 fully saturated rings. The van der Waals surface area contributed by atoms with E-state index in [4.69, 9.17) is 0 Å². The highest BCUT2D eigenvalue weighted by Crippen LogP contribution is 2.13. The van der Waals surface area contributed by atoms with Gasteiger partial charge in [-0.1, -0.05) is 0 Å². The van der Waals surface area contributed by atoms with Crippen LogP contribution in [-0.2, 0) is 6.42 Å². The third-order valence-corrected chi connectivity index (χ3v) is 1.66. The summed E-state index contributed by atoms with van der Waals surface area (Å²) in [6.45, 7) is 1.52. The Morgan fingerprint density at radius 1 is 1.38 bits per heavy atom. The molecule has 0 aliphatic rings. The Labute approximate surface area is 74.7 Å². The Kier molecular flexibility index (Phi) is 3.12. The van der Waals surface area contributed by atoms with E-state index in [0.29, 0.717) is 11.9 Å². The maximum absolute atomic E-state index is 12.9. The molecule has 0 N–H and O–H groups in total. The van der Waals surface area contributed by atoms with Crippen LogP contribution in [0.4, 0.5) is 13.2 Å². The first kappa shape index (κ1) is 9.84. The first-order chi connectivity index (χ1) is 6.13. The van der Waals surface area contributed by atoms with Crippen LogP contribution in [0, 0.1) is 11.6 Å². The number of allylic oxidation sites excluding steroid dienone is 1. The quantitative estimate of drug-likeness (QED) is 0.664. The van der Waals surface area contributed by atoms with Gasteiger partial charge in [0.25, 0.3) is 0 Å². The van der Waals surface area contributed by atoms with Crippen LogP contribution in [0.25, 0.3) is 0 Å². The van der Waals surface area contributed by atoms with E-state index in [2.05, 4.69) is 0 Å². The predicted molar refractivity (Wildman–Crippen MR) is 44.9 cm³/mol. The molecule has 3 heteroatoms. The fourth-order valence-corrected chi connectivity index (χ4v) is 1.02. The molecular formula is C10H9F3. The molecule has 0 spiro atoms. The molecule has 0 aliphatic heterocycles. The Balaban J connectivity index is 2.94. The second kappa shape index (κ2) is 4.12. The third kappa shape index (κ3) is 2.61. The lowest BCUT2D eigenvalue weighted by Gasteiger charge is -2.02. The molecule has 0 saturated carbocycles. The van der Waals surface area contributed by atoms with Gasteiger partial charge in [0.05, 0.1) is 6.33 Å². The van der Waals surface area contributed by atoms with Gasteiger partial charge in [-0.2, -0.15) is 0 Å². The first-order valence-electron chi connectivity index (χ1n) is 3.83. The van der Waals surface area contributed by atoms with Crippen molar-refractivity contribution in [2.45, 2.75) is 13.3 Å². The lowest BCUT2D eigenvalue weighted by molar-refractivity contribution is 0.587. The summed E-state index contributed by atoms with van der Waals surface area (Å²) >= 11 is 0. The van der Waals surface area contributed by atoms with E-state index in [1.54, 1.807) is 0 Å². The number of hydrogen-bond donors (Lipinski definition) is 0. The van der Waals surface area contributed by atoms with Crippen molar-refractivity contribution in [3.63, 3.8) is 0 Å². The Morgan fingerprint density at radius 3 is 2.69 bits per heavy atom. The van der Waals surface area contributed by atoms with Crippen molar-refractivity contribution in [1.29, 1.82) is 0 Å². The van der Waals surface area contributed by atoms with Crippen LogP contribution in [0.2, 0.25) is 0 Å². The zero-order chi connectivity index (χ0) is 9.84. The highest BCUT2D eigenvalue weighted by molar-refractivity contribution is 5.23. The van der Waals surface area contributed by atoms with Gasteiger partial charge in [-0.05, 0) is 42.7 Å². The molecule has 0 aliphatic carbocycles. The summed E-state index contributed by atoms with van der Waals surface area (Å²) in [6, 6.07) is 3.14. The number of benzene rings is 1. The smallest absolute Gasteiger partial charge is 0.126 e. The summed E-state index contributed by atoms with van der Waals surface area (Å²) in [5, 5.41) is 0. The highest BCUT2D eigenvalue weighted by atomic mass is 19.1. The molecule has 1 aromatic carbocycles. The van der Waals surface area contributed by atoms with Crippen LogP contribution in [0.3, 0.4) is 0 Å². The van der Waals surface area contributed by atoms with Crippen molar-refractivity contribution in [3.8, 4) is 0 Å². The summed E-state index contributed by atoms with van der Waals surface area (Å²) in [7, 11) is 0. The molecule has 0 saturated heterocycles. The van der Waals surface area contributed by atoms with Gasteiger partial charge < -0.3 is 0 Å². The molecule has 0 heterocycles. The molecule has 0 atom stereocenters. The van der Waals surface area contributed by atoms with Crippen LogP contribution in [0.15, 0.2) is 30.1 Å². The van der Waals surface area contributed by atoms with Crippen molar-refractivity contribution in [3.05, 3.63) is 47.3 Å². The molecule has 0 unspecified atom stereocenters. The normalized spacial score (nSPS) is 11.8.